The lowest BCUT2D eigenvalue weighted by molar-refractivity contribution is -0.124. The van der Waals surface area contributed by atoms with Crippen molar-refractivity contribution in [2.75, 3.05) is 11.6 Å². The summed E-state index contributed by atoms with van der Waals surface area (Å²) in [5.74, 6) is 0.689. The van der Waals surface area contributed by atoms with E-state index >= 15 is 0 Å². The number of carbonyl (C=O) groups excluding carboxylic acids is 2. The van der Waals surface area contributed by atoms with E-state index in [0.29, 0.717) is 28.9 Å². The van der Waals surface area contributed by atoms with E-state index < -0.39 is 6.04 Å². The zero-order valence-electron chi connectivity index (χ0n) is 13.6. The fourth-order valence-electron chi connectivity index (χ4n) is 2.42. The second-order valence-corrected chi connectivity index (χ2v) is 7.79. The molecule has 1 fully saturated rings. The highest BCUT2D eigenvalue weighted by atomic mass is 35.5. The molecule has 0 aliphatic carbocycles. The minimum atomic E-state index is -0.488. The van der Waals surface area contributed by atoms with Gasteiger partial charge in [-0.05, 0) is 18.6 Å². The predicted octanol–water partition coefficient (Wildman–Crippen LogP) is 2.59. The Morgan fingerprint density at radius 3 is 2.96 bits per heavy atom. The molecule has 0 spiro atoms. The number of nitrogens with zero attached hydrogens (tertiary/aromatic N) is 3. The second kappa shape index (κ2) is 8.16. The number of rotatable bonds is 5. The quantitative estimate of drug-likeness (QED) is 0.786. The number of thiazole rings is 1. The van der Waals surface area contributed by atoms with Gasteiger partial charge in [-0.1, -0.05) is 18.5 Å². The summed E-state index contributed by atoms with van der Waals surface area (Å²) in [5.41, 5.74) is 1.28. The number of pyridine rings is 1. The van der Waals surface area contributed by atoms with Crippen molar-refractivity contribution in [2.45, 2.75) is 25.9 Å². The van der Waals surface area contributed by atoms with Gasteiger partial charge < -0.3 is 10.2 Å². The molecule has 1 N–H and O–H groups in total. The molecule has 25 heavy (non-hydrogen) atoms. The Morgan fingerprint density at radius 1 is 1.44 bits per heavy atom. The molecule has 2 amide bonds. The van der Waals surface area contributed by atoms with Crippen LogP contribution in [0.1, 0.15) is 28.0 Å². The number of thioether (sulfide) groups is 1. The Labute approximate surface area is 159 Å². The lowest BCUT2D eigenvalue weighted by Crippen LogP contribution is -2.47. The largest absolute Gasteiger partial charge is 0.349 e. The third-order valence-electron chi connectivity index (χ3n) is 3.77. The van der Waals surface area contributed by atoms with Crippen molar-refractivity contribution in [3.8, 4) is 0 Å². The van der Waals surface area contributed by atoms with Crippen molar-refractivity contribution < 1.29 is 9.59 Å². The van der Waals surface area contributed by atoms with E-state index in [2.05, 4.69) is 15.3 Å². The Kier molecular flexibility index (Phi) is 5.93. The Bertz CT molecular complexity index is 766. The van der Waals surface area contributed by atoms with Gasteiger partial charge >= 0.3 is 0 Å². The molecule has 1 atom stereocenters. The molecule has 2 aromatic heterocycles. The van der Waals surface area contributed by atoms with Crippen LogP contribution in [0.4, 0.5) is 0 Å². The minimum Gasteiger partial charge on any atom is -0.349 e. The van der Waals surface area contributed by atoms with E-state index in [1.54, 1.807) is 40.1 Å². The number of amides is 2. The number of carbonyl (C=O) groups is 2. The number of hydrogen-bond acceptors (Lipinski definition) is 6. The molecule has 9 heteroatoms. The predicted molar refractivity (Wildman–Crippen MR) is 99.9 cm³/mol. The van der Waals surface area contributed by atoms with Gasteiger partial charge in [0.25, 0.3) is 5.91 Å². The molecule has 3 rings (SSSR count). The van der Waals surface area contributed by atoms with Crippen LogP contribution in [0.25, 0.3) is 0 Å². The highest BCUT2D eigenvalue weighted by Gasteiger charge is 2.35. The molecule has 6 nitrogen and oxygen atoms in total. The van der Waals surface area contributed by atoms with Gasteiger partial charge in [0, 0.05) is 17.3 Å². The smallest absolute Gasteiger partial charge is 0.256 e. The summed E-state index contributed by atoms with van der Waals surface area (Å²) in [6.07, 6.45) is 2.32. The Hall–Kier alpha value is -1.64. The average molecular weight is 397 g/mol. The van der Waals surface area contributed by atoms with Crippen molar-refractivity contribution in [3.05, 3.63) is 45.1 Å². The van der Waals surface area contributed by atoms with Gasteiger partial charge in [-0.25, -0.2) is 9.97 Å². The molecule has 0 saturated carbocycles. The van der Waals surface area contributed by atoms with Crippen LogP contribution in [-0.2, 0) is 17.8 Å². The standard InChI is InChI=1S/C16H17ClN4O2S2/c1-2-14-20-11(7-25-14)6-19-15(22)12-8-24-9-21(12)16(23)10-3-4-13(17)18-5-10/h3-5,7,12H,2,6,8-9H2,1H3,(H,19,22)/t12-/m0/s1. The van der Waals surface area contributed by atoms with Crippen LogP contribution >= 0.6 is 34.7 Å². The summed E-state index contributed by atoms with van der Waals surface area (Å²) in [4.78, 5) is 35.1. The summed E-state index contributed by atoms with van der Waals surface area (Å²) in [5, 5.41) is 6.21. The van der Waals surface area contributed by atoms with Crippen LogP contribution in [0, 0.1) is 0 Å². The van der Waals surface area contributed by atoms with Crippen LogP contribution in [0.3, 0.4) is 0 Å². The molecule has 3 heterocycles. The highest BCUT2D eigenvalue weighted by molar-refractivity contribution is 7.99. The van der Waals surface area contributed by atoms with E-state index in [0.717, 1.165) is 17.1 Å². The van der Waals surface area contributed by atoms with Crippen molar-refractivity contribution in [2.24, 2.45) is 0 Å². The third kappa shape index (κ3) is 4.31. The Morgan fingerprint density at radius 2 is 2.28 bits per heavy atom. The first-order chi connectivity index (χ1) is 12.1. The maximum Gasteiger partial charge on any atom is 0.256 e. The molecule has 2 aromatic rings. The van der Waals surface area contributed by atoms with E-state index in [1.807, 2.05) is 12.3 Å². The molecule has 0 aromatic carbocycles. The number of hydrogen-bond donors (Lipinski definition) is 1. The van der Waals surface area contributed by atoms with Gasteiger partial charge in [-0.3, -0.25) is 9.59 Å². The van der Waals surface area contributed by atoms with Crippen molar-refractivity contribution in [1.82, 2.24) is 20.2 Å². The lowest BCUT2D eigenvalue weighted by atomic mass is 10.2. The zero-order chi connectivity index (χ0) is 17.8. The SMILES string of the molecule is CCc1nc(CNC(=O)[C@@H]2CSCN2C(=O)c2ccc(Cl)nc2)cs1. The number of aromatic nitrogens is 2. The minimum absolute atomic E-state index is 0.161. The van der Waals surface area contributed by atoms with E-state index in [9.17, 15) is 9.59 Å². The molecule has 132 valence electrons. The van der Waals surface area contributed by atoms with Gasteiger partial charge in [-0.15, -0.1) is 23.1 Å². The first-order valence-electron chi connectivity index (χ1n) is 7.79. The van der Waals surface area contributed by atoms with Crippen LogP contribution in [-0.4, -0.2) is 44.4 Å². The highest BCUT2D eigenvalue weighted by Crippen LogP contribution is 2.23. The summed E-state index contributed by atoms with van der Waals surface area (Å²) in [6, 6.07) is 2.70. The summed E-state index contributed by atoms with van der Waals surface area (Å²) >= 11 is 8.90. The number of nitrogens with one attached hydrogen (secondary N) is 1. The summed E-state index contributed by atoms with van der Waals surface area (Å²) in [7, 11) is 0. The second-order valence-electron chi connectivity index (χ2n) is 5.46. The van der Waals surface area contributed by atoms with Gasteiger partial charge in [0.1, 0.15) is 11.2 Å². The monoisotopic (exact) mass is 396 g/mol. The fourth-order valence-corrected chi connectivity index (χ4v) is 4.43. The van der Waals surface area contributed by atoms with Gasteiger partial charge in [-0.2, -0.15) is 0 Å². The van der Waals surface area contributed by atoms with E-state index in [-0.39, 0.29) is 11.8 Å². The first-order valence-corrected chi connectivity index (χ1v) is 10.2. The average Bonchev–Trinajstić information content (AvgIpc) is 3.29. The third-order valence-corrected chi connectivity index (χ3v) is 6.04. The topological polar surface area (TPSA) is 75.2 Å². The van der Waals surface area contributed by atoms with Crippen LogP contribution < -0.4 is 5.32 Å². The molecule has 1 aliphatic heterocycles. The maximum absolute atomic E-state index is 12.6. The number of halogens is 1. The molecule has 0 radical (unpaired) electrons. The van der Waals surface area contributed by atoms with Gasteiger partial charge in [0.05, 0.1) is 28.7 Å². The Balaban J connectivity index is 1.62. The number of aryl methyl sites for hydroxylation is 1. The normalized spacial score (nSPS) is 16.9. The molecular weight excluding hydrogens is 380 g/mol. The van der Waals surface area contributed by atoms with Gasteiger partial charge in [0.2, 0.25) is 5.91 Å². The van der Waals surface area contributed by atoms with E-state index in [4.69, 9.17) is 11.6 Å². The van der Waals surface area contributed by atoms with Crippen LogP contribution in [0.15, 0.2) is 23.7 Å². The molecule has 0 bridgehead atoms. The van der Waals surface area contributed by atoms with Crippen LogP contribution in [0.2, 0.25) is 5.15 Å². The van der Waals surface area contributed by atoms with Crippen LogP contribution in [0.5, 0.6) is 0 Å². The molecule has 1 aliphatic rings. The summed E-state index contributed by atoms with van der Waals surface area (Å²) < 4.78 is 0. The fraction of sp³-hybridized carbons (Fsp3) is 0.375. The van der Waals surface area contributed by atoms with Crippen molar-refractivity contribution >= 4 is 46.5 Å². The zero-order valence-corrected chi connectivity index (χ0v) is 16.0. The van der Waals surface area contributed by atoms with Crippen molar-refractivity contribution in [1.29, 1.82) is 0 Å². The molecule has 1 saturated heterocycles. The molecule has 0 unspecified atom stereocenters. The maximum atomic E-state index is 12.6. The summed E-state index contributed by atoms with van der Waals surface area (Å²) in [6.45, 7) is 2.42. The lowest BCUT2D eigenvalue weighted by Gasteiger charge is -2.22. The van der Waals surface area contributed by atoms with Crippen molar-refractivity contribution in [3.63, 3.8) is 0 Å². The van der Waals surface area contributed by atoms with E-state index in [1.165, 1.54) is 6.20 Å². The molecular formula is C16H17ClN4O2S2. The first kappa shape index (κ1) is 18.2. The van der Waals surface area contributed by atoms with Gasteiger partial charge in [0.15, 0.2) is 0 Å².